The van der Waals surface area contributed by atoms with Gasteiger partial charge in [0.2, 0.25) is 0 Å². The van der Waals surface area contributed by atoms with E-state index in [0.29, 0.717) is 0 Å². The highest BCUT2D eigenvalue weighted by Crippen LogP contribution is 2.25. The van der Waals surface area contributed by atoms with E-state index in [9.17, 15) is 0 Å². The van der Waals surface area contributed by atoms with Crippen LogP contribution in [0.4, 0.5) is 0 Å². The third kappa shape index (κ3) is 3.41. The first-order valence-corrected chi connectivity index (χ1v) is 7.70. The Balaban J connectivity index is 1.49. The fourth-order valence-corrected chi connectivity index (χ4v) is 2.91. The Morgan fingerprint density at radius 2 is 1.65 bits per heavy atom. The Hall–Kier alpha value is -1.76. The molecule has 1 heteroatoms. The van der Waals surface area contributed by atoms with Crippen LogP contribution in [0.1, 0.15) is 36.0 Å². The SMILES string of the molecule is c1ccc(CCCOc2ccc3c(c2)CCCC3)cc1. The minimum atomic E-state index is 0.799. The Morgan fingerprint density at radius 3 is 2.50 bits per heavy atom. The lowest BCUT2D eigenvalue weighted by molar-refractivity contribution is 0.310. The van der Waals surface area contributed by atoms with Gasteiger partial charge >= 0.3 is 0 Å². The zero-order valence-electron chi connectivity index (χ0n) is 12.0. The largest absolute Gasteiger partial charge is 0.494 e. The molecule has 0 saturated carbocycles. The molecule has 2 aromatic carbocycles. The van der Waals surface area contributed by atoms with Crippen LogP contribution in [0.2, 0.25) is 0 Å². The molecule has 1 aliphatic carbocycles. The Morgan fingerprint density at radius 1 is 0.850 bits per heavy atom. The van der Waals surface area contributed by atoms with E-state index in [4.69, 9.17) is 4.74 Å². The molecule has 0 spiro atoms. The summed E-state index contributed by atoms with van der Waals surface area (Å²) in [6, 6.07) is 17.2. The van der Waals surface area contributed by atoms with Gasteiger partial charge in [0.25, 0.3) is 0 Å². The first-order valence-electron chi connectivity index (χ1n) is 7.70. The molecular formula is C19H22O. The molecule has 2 aromatic rings. The predicted octanol–water partition coefficient (Wildman–Crippen LogP) is 4.58. The third-order valence-corrected chi connectivity index (χ3v) is 4.04. The van der Waals surface area contributed by atoms with Crippen LogP contribution in [0.25, 0.3) is 0 Å². The quantitative estimate of drug-likeness (QED) is 0.720. The second-order valence-corrected chi connectivity index (χ2v) is 5.58. The summed E-state index contributed by atoms with van der Waals surface area (Å²) in [7, 11) is 0. The minimum absolute atomic E-state index is 0.799. The maximum Gasteiger partial charge on any atom is 0.119 e. The van der Waals surface area contributed by atoms with Crippen molar-refractivity contribution >= 4 is 0 Å². The summed E-state index contributed by atoms with van der Waals surface area (Å²) in [4.78, 5) is 0. The third-order valence-electron chi connectivity index (χ3n) is 4.04. The van der Waals surface area contributed by atoms with E-state index in [1.807, 2.05) is 0 Å². The molecule has 0 unspecified atom stereocenters. The molecule has 20 heavy (non-hydrogen) atoms. The van der Waals surface area contributed by atoms with Gasteiger partial charge in [0.1, 0.15) is 5.75 Å². The molecule has 1 nitrogen and oxygen atoms in total. The molecular weight excluding hydrogens is 244 g/mol. The molecule has 0 radical (unpaired) electrons. The number of hydrogen-bond acceptors (Lipinski definition) is 1. The number of benzene rings is 2. The number of fused-ring (bicyclic) bond motifs is 1. The summed E-state index contributed by atoms with van der Waals surface area (Å²) in [5, 5.41) is 0. The van der Waals surface area contributed by atoms with Gasteiger partial charge in [-0.05, 0) is 67.3 Å². The molecule has 0 heterocycles. The normalized spacial score (nSPS) is 13.8. The predicted molar refractivity (Wildman–Crippen MR) is 83.3 cm³/mol. The number of hydrogen-bond donors (Lipinski definition) is 0. The van der Waals surface area contributed by atoms with Gasteiger partial charge in [0.15, 0.2) is 0 Å². The van der Waals surface area contributed by atoms with Crippen molar-refractivity contribution in [3.63, 3.8) is 0 Å². The zero-order valence-corrected chi connectivity index (χ0v) is 12.0. The fourth-order valence-electron chi connectivity index (χ4n) is 2.91. The van der Waals surface area contributed by atoms with E-state index in [0.717, 1.165) is 25.2 Å². The molecule has 0 fully saturated rings. The number of ether oxygens (including phenoxy) is 1. The zero-order chi connectivity index (χ0) is 13.6. The summed E-state index contributed by atoms with van der Waals surface area (Å²) in [5.41, 5.74) is 4.41. The summed E-state index contributed by atoms with van der Waals surface area (Å²) < 4.78 is 5.89. The van der Waals surface area contributed by atoms with Crippen LogP contribution in [0.15, 0.2) is 48.5 Å². The van der Waals surface area contributed by atoms with Crippen LogP contribution in [0.5, 0.6) is 5.75 Å². The highest BCUT2D eigenvalue weighted by atomic mass is 16.5. The van der Waals surface area contributed by atoms with E-state index >= 15 is 0 Å². The highest BCUT2D eigenvalue weighted by molar-refractivity contribution is 5.37. The molecule has 0 aliphatic heterocycles. The van der Waals surface area contributed by atoms with E-state index < -0.39 is 0 Å². The van der Waals surface area contributed by atoms with Crippen LogP contribution in [0, 0.1) is 0 Å². The standard InChI is InChI=1S/C19H22O/c1-2-7-16(8-3-1)9-6-14-20-19-13-12-17-10-4-5-11-18(17)15-19/h1-3,7-8,12-13,15H,4-6,9-11,14H2. The van der Waals surface area contributed by atoms with E-state index in [2.05, 4.69) is 48.5 Å². The summed E-state index contributed by atoms with van der Waals surface area (Å²) >= 11 is 0. The molecule has 0 amide bonds. The van der Waals surface area contributed by atoms with Crippen molar-refractivity contribution in [3.8, 4) is 5.75 Å². The van der Waals surface area contributed by atoms with Gasteiger partial charge in [-0.1, -0.05) is 36.4 Å². The van der Waals surface area contributed by atoms with Gasteiger partial charge < -0.3 is 4.74 Å². The average molecular weight is 266 g/mol. The number of rotatable bonds is 5. The lowest BCUT2D eigenvalue weighted by atomic mass is 9.92. The van der Waals surface area contributed by atoms with Crippen LogP contribution >= 0.6 is 0 Å². The molecule has 0 atom stereocenters. The summed E-state index contributed by atoms with van der Waals surface area (Å²) in [6.45, 7) is 0.799. The Bertz CT molecular complexity index is 545. The van der Waals surface area contributed by atoms with Crippen molar-refractivity contribution in [2.75, 3.05) is 6.61 Å². The first-order chi connectivity index (χ1) is 9.92. The molecule has 1 aliphatic rings. The van der Waals surface area contributed by atoms with Crippen LogP contribution < -0.4 is 4.74 Å². The van der Waals surface area contributed by atoms with Gasteiger partial charge in [0, 0.05) is 0 Å². The van der Waals surface area contributed by atoms with Crippen molar-refractivity contribution in [1.29, 1.82) is 0 Å². The molecule has 0 bridgehead atoms. The lowest BCUT2D eigenvalue weighted by Gasteiger charge is -2.16. The lowest BCUT2D eigenvalue weighted by Crippen LogP contribution is -2.04. The molecule has 0 saturated heterocycles. The smallest absolute Gasteiger partial charge is 0.119 e. The highest BCUT2D eigenvalue weighted by Gasteiger charge is 2.09. The van der Waals surface area contributed by atoms with Gasteiger partial charge in [0.05, 0.1) is 6.61 Å². The van der Waals surface area contributed by atoms with Crippen LogP contribution in [-0.4, -0.2) is 6.61 Å². The summed E-state index contributed by atoms with van der Waals surface area (Å²) in [5.74, 6) is 1.04. The Kier molecular flexibility index (Phi) is 4.37. The molecule has 104 valence electrons. The maximum absolute atomic E-state index is 5.89. The second kappa shape index (κ2) is 6.60. The number of aryl methyl sites for hydroxylation is 3. The van der Waals surface area contributed by atoms with Crippen LogP contribution in [-0.2, 0) is 19.3 Å². The van der Waals surface area contributed by atoms with Gasteiger partial charge in [-0.25, -0.2) is 0 Å². The fraction of sp³-hybridized carbons (Fsp3) is 0.368. The first kappa shape index (κ1) is 13.2. The van der Waals surface area contributed by atoms with Crippen molar-refractivity contribution in [3.05, 3.63) is 65.2 Å². The summed E-state index contributed by atoms with van der Waals surface area (Å²) in [6.07, 6.45) is 7.28. The van der Waals surface area contributed by atoms with Crippen molar-refractivity contribution in [1.82, 2.24) is 0 Å². The Labute approximate surface area is 121 Å². The molecule has 3 rings (SSSR count). The van der Waals surface area contributed by atoms with E-state index in [1.165, 1.54) is 42.4 Å². The van der Waals surface area contributed by atoms with Crippen molar-refractivity contribution in [2.24, 2.45) is 0 Å². The van der Waals surface area contributed by atoms with E-state index in [-0.39, 0.29) is 0 Å². The second-order valence-electron chi connectivity index (χ2n) is 5.58. The van der Waals surface area contributed by atoms with Gasteiger partial charge in [-0.3, -0.25) is 0 Å². The van der Waals surface area contributed by atoms with Crippen LogP contribution in [0.3, 0.4) is 0 Å². The van der Waals surface area contributed by atoms with E-state index in [1.54, 1.807) is 0 Å². The van der Waals surface area contributed by atoms with Crippen molar-refractivity contribution < 1.29 is 4.74 Å². The minimum Gasteiger partial charge on any atom is -0.494 e. The average Bonchev–Trinajstić information content (AvgIpc) is 2.52. The maximum atomic E-state index is 5.89. The monoisotopic (exact) mass is 266 g/mol. The molecule has 0 N–H and O–H groups in total. The topological polar surface area (TPSA) is 9.23 Å². The van der Waals surface area contributed by atoms with Crippen molar-refractivity contribution in [2.45, 2.75) is 38.5 Å². The van der Waals surface area contributed by atoms with Gasteiger partial charge in [-0.2, -0.15) is 0 Å². The molecule has 0 aromatic heterocycles. The van der Waals surface area contributed by atoms with Gasteiger partial charge in [-0.15, -0.1) is 0 Å².